The minimum Gasteiger partial charge on any atom is -0.496 e. The van der Waals surface area contributed by atoms with Crippen molar-refractivity contribution in [2.45, 2.75) is 17.3 Å². The number of hydrogen-bond acceptors (Lipinski definition) is 4. The molecule has 1 aromatic carbocycles. The summed E-state index contributed by atoms with van der Waals surface area (Å²) in [7, 11) is 1.70. The van der Waals surface area contributed by atoms with Gasteiger partial charge in [0.05, 0.1) is 18.6 Å². The quantitative estimate of drug-likeness (QED) is 0.874. The number of thioether (sulfide) groups is 1. The predicted molar refractivity (Wildman–Crippen MR) is 66.2 cm³/mol. The molecule has 0 bridgehead atoms. The summed E-state index contributed by atoms with van der Waals surface area (Å²) in [6.45, 7) is 4.71. The lowest BCUT2D eigenvalue weighted by Gasteiger charge is -2.23. The van der Waals surface area contributed by atoms with Crippen LogP contribution in [0.4, 0.5) is 0 Å². The minimum absolute atomic E-state index is 0.185. The van der Waals surface area contributed by atoms with E-state index in [-0.39, 0.29) is 5.44 Å². The van der Waals surface area contributed by atoms with Gasteiger partial charge in [0, 0.05) is 13.1 Å². The van der Waals surface area contributed by atoms with Gasteiger partial charge in [-0.05, 0) is 24.6 Å². The fourth-order valence-electron chi connectivity index (χ4n) is 1.63. The van der Waals surface area contributed by atoms with Gasteiger partial charge in [0.1, 0.15) is 11.2 Å². The van der Waals surface area contributed by atoms with Crippen LogP contribution in [-0.2, 0) is 4.74 Å². The van der Waals surface area contributed by atoms with E-state index in [1.54, 1.807) is 18.9 Å². The Morgan fingerprint density at radius 2 is 2.38 bits per heavy atom. The molecule has 2 rings (SSSR count). The molecule has 1 saturated heterocycles. The van der Waals surface area contributed by atoms with Crippen LogP contribution in [0.3, 0.4) is 0 Å². The second-order valence-corrected chi connectivity index (χ2v) is 4.98. The number of methoxy groups -OCH3 is 1. The average Bonchev–Trinajstić information content (AvgIpc) is 2.31. The molecule has 0 radical (unpaired) electrons. The van der Waals surface area contributed by atoms with Crippen molar-refractivity contribution in [3.8, 4) is 5.75 Å². The largest absolute Gasteiger partial charge is 0.496 e. The maximum atomic E-state index is 5.67. The number of aryl methyl sites for hydroxylation is 1. The fourth-order valence-corrected chi connectivity index (χ4v) is 2.80. The Hall–Kier alpha value is -0.710. The van der Waals surface area contributed by atoms with Crippen LogP contribution in [0.5, 0.6) is 5.75 Å². The van der Waals surface area contributed by atoms with Crippen molar-refractivity contribution in [1.29, 1.82) is 0 Å². The topological polar surface area (TPSA) is 30.5 Å². The summed E-state index contributed by atoms with van der Waals surface area (Å²) in [6.07, 6.45) is 0. The molecule has 1 atom stereocenters. The van der Waals surface area contributed by atoms with Gasteiger partial charge in [-0.15, -0.1) is 0 Å². The van der Waals surface area contributed by atoms with Crippen molar-refractivity contribution in [3.05, 3.63) is 23.8 Å². The Kier molecular flexibility index (Phi) is 4.09. The van der Waals surface area contributed by atoms with Crippen LogP contribution in [0.15, 0.2) is 23.1 Å². The van der Waals surface area contributed by atoms with Crippen LogP contribution < -0.4 is 10.1 Å². The zero-order chi connectivity index (χ0) is 11.4. The van der Waals surface area contributed by atoms with Gasteiger partial charge in [-0.25, -0.2) is 0 Å². The highest BCUT2D eigenvalue weighted by Crippen LogP contribution is 2.33. The van der Waals surface area contributed by atoms with Crippen molar-refractivity contribution in [3.63, 3.8) is 0 Å². The second-order valence-electron chi connectivity index (χ2n) is 3.78. The first-order valence-electron chi connectivity index (χ1n) is 5.43. The Bertz CT molecular complexity index is 351. The van der Waals surface area contributed by atoms with Crippen LogP contribution in [0.1, 0.15) is 5.56 Å². The smallest absolute Gasteiger partial charge is 0.132 e. The summed E-state index contributed by atoms with van der Waals surface area (Å²) in [5, 5.41) is 3.32. The summed E-state index contributed by atoms with van der Waals surface area (Å²) in [5.41, 5.74) is 1.43. The lowest BCUT2D eigenvalue weighted by molar-refractivity contribution is 0.0852. The average molecular weight is 239 g/mol. The molecule has 0 saturated carbocycles. The standard InChI is InChI=1S/C12H17NO2S/c1-9-3-4-10(14-2)11(7-9)16-12-8-13-5-6-15-12/h3-4,7,12-13H,5-6,8H2,1-2H3. The molecule has 0 aliphatic carbocycles. The number of rotatable bonds is 3. The van der Waals surface area contributed by atoms with E-state index in [0.29, 0.717) is 0 Å². The molecule has 16 heavy (non-hydrogen) atoms. The van der Waals surface area contributed by atoms with Gasteiger partial charge < -0.3 is 14.8 Å². The molecule has 3 nitrogen and oxygen atoms in total. The highest BCUT2D eigenvalue weighted by atomic mass is 32.2. The summed E-state index contributed by atoms with van der Waals surface area (Å²) in [6, 6.07) is 6.21. The lowest BCUT2D eigenvalue weighted by Crippen LogP contribution is -2.36. The van der Waals surface area contributed by atoms with Crippen LogP contribution >= 0.6 is 11.8 Å². The molecular formula is C12H17NO2S. The molecule has 0 spiro atoms. The van der Waals surface area contributed by atoms with Gasteiger partial charge in [0.25, 0.3) is 0 Å². The third kappa shape index (κ3) is 2.90. The molecule has 1 heterocycles. The van der Waals surface area contributed by atoms with Crippen LogP contribution in [0.2, 0.25) is 0 Å². The minimum atomic E-state index is 0.185. The van der Waals surface area contributed by atoms with Crippen LogP contribution in [0.25, 0.3) is 0 Å². The highest BCUT2D eigenvalue weighted by Gasteiger charge is 2.16. The Labute approximate surface area is 101 Å². The van der Waals surface area contributed by atoms with Gasteiger partial charge in [-0.3, -0.25) is 0 Å². The van der Waals surface area contributed by atoms with E-state index in [2.05, 4.69) is 24.4 Å². The monoisotopic (exact) mass is 239 g/mol. The van der Waals surface area contributed by atoms with E-state index in [4.69, 9.17) is 9.47 Å². The summed E-state index contributed by atoms with van der Waals surface area (Å²) < 4.78 is 11.0. The maximum Gasteiger partial charge on any atom is 0.132 e. The Balaban J connectivity index is 2.09. The summed E-state index contributed by atoms with van der Waals surface area (Å²) >= 11 is 1.72. The third-order valence-electron chi connectivity index (χ3n) is 2.47. The van der Waals surface area contributed by atoms with E-state index in [9.17, 15) is 0 Å². The molecule has 1 N–H and O–H groups in total. The predicted octanol–water partition coefficient (Wildman–Crippen LogP) is 2.04. The van der Waals surface area contributed by atoms with Gasteiger partial charge in [0.15, 0.2) is 0 Å². The van der Waals surface area contributed by atoms with E-state index in [1.165, 1.54) is 5.56 Å². The van der Waals surface area contributed by atoms with E-state index >= 15 is 0 Å². The van der Waals surface area contributed by atoms with Gasteiger partial charge in [0.2, 0.25) is 0 Å². The second kappa shape index (κ2) is 5.57. The highest BCUT2D eigenvalue weighted by molar-refractivity contribution is 7.99. The molecule has 4 heteroatoms. The number of nitrogens with one attached hydrogen (secondary N) is 1. The molecule has 1 unspecified atom stereocenters. The number of morpholine rings is 1. The van der Waals surface area contributed by atoms with Gasteiger partial charge >= 0.3 is 0 Å². The van der Waals surface area contributed by atoms with Crippen molar-refractivity contribution in [1.82, 2.24) is 5.32 Å². The first-order valence-corrected chi connectivity index (χ1v) is 6.31. The molecule has 0 amide bonds. The van der Waals surface area contributed by atoms with Gasteiger partial charge in [-0.1, -0.05) is 17.8 Å². The van der Waals surface area contributed by atoms with Crippen LogP contribution in [0, 0.1) is 6.92 Å². The number of hydrogen-bond donors (Lipinski definition) is 1. The third-order valence-corrected chi connectivity index (χ3v) is 3.61. The molecule has 0 aromatic heterocycles. The normalized spacial score (nSPS) is 20.8. The Morgan fingerprint density at radius 1 is 1.50 bits per heavy atom. The molecule has 1 aromatic rings. The van der Waals surface area contributed by atoms with Gasteiger partial charge in [-0.2, -0.15) is 0 Å². The van der Waals surface area contributed by atoms with E-state index in [1.807, 2.05) is 6.07 Å². The molecule has 1 fully saturated rings. The fraction of sp³-hybridized carbons (Fsp3) is 0.500. The first-order chi connectivity index (χ1) is 7.79. The zero-order valence-corrected chi connectivity index (χ0v) is 10.5. The molecule has 88 valence electrons. The van der Waals surface area contributed by atoms with Crippen LogP contribution in [-0.4, -0.2) is 32.2 Å². The van der Waals surface area contributed by atoms with Crippen molar-refractivity contribution < 1.29 is 9.47 Å². The number of ether oxygens (including phenoxy) is 2. The number of benzene rings is 1. The summed E-state index contributed by atoms with van der Waals surface area (Å²) in [4.78, 5) is 1.15. The first kappa shape index (κ1) is 11.8. The Morgan fingerprint density at radius 3 is 3.06 bits per heavy atom. The summed E-state index contributed by atoms with van der Waals surface area (Å²) in [5.74, 6) is 0.921. The maximum absolute atomic E-state index is 5.67. The van der Waals surface area contributed by atoms with Crippen molar-refractivity contribution in [2.75, 3.05) is 26.8 Å². The lowest BCUT2D eigenvalue weighted by atomic mass is 10.2. The zero-order valence-electron chi connectivity index (χ0n) is 9.66. The molecule has 1 aliphatic heterocycles. The van der Waals surface area contributed by atoms with Crippen molar-refractivity contribution in [2.24, 2.45) is 0 Å². The van der Waals surface area contributed by atoms with E-state index in [0.717, 1.165) is 30.3 Å². The van der Waals surface area contributed by atoms with Crippen molar-refractivity contribution >= 4 is 11.8 Å². The molecule has 1 aliphatic rings. The molecular weight excluding hydrogens is 222 g/mol. The SMILES string of the molecule is COc1ccc(C)cc1SC1CNCCO1. The van der Waals surface area contributed by atoms with E-state index < -0.39 is 0 Å².